The van der Waals surface area contributed by atoms with Gasteiger partial charge in [-0.15, -0.1) is 0 Å². The van der Waals surface area contributed by atoms with Gasteiger partial charge in [-0.1, -0.05) is 0 Å². The summed E-state index contributed by atoms with van der Waals surface area (Å²) in [4.78, 5) is 7.35. The third kappa shape index (κ3) is 2.67. The van der Waals surface area contributed by atoms with Crippen LogP contribution in [0.2, 0.25) is 14.8 Å². The van der Waals surface area contributed by atoms with Crippen molar-refractivity contribution in [2.75, 3.05) is 0 Å². The van der Waals surface area contributed by atoms with Gasteiger partial charge in [0, 0.05) is 0 Å². The van der Waals surface area contributed by atoms with Gasteiger partial charge in [-0.25, -0.2) is 0 Å². The molecule has 0 saturated heterocycles. The summed E-state index contributed by atoms with van der Waals surface area (Å²) in [6, 6.07) is 19.7. The summed E-state index contributed by atoms with van der Waals surface area (Å²) in [5.74, 6) is 0. The van der Waals surface area contributed by atoms with Crippen LogP contribution in [0, 0.1) is 0 Å². The van der Waals surface area contributed by atoms with E-state index in [0.29, 0.717) is 0 Å². The molecule has 0 aliphatic heterocycles. The molecule has 1 heteroatoms. The monoisotopic (exact) mass is 318 g/mol. The van der Waals surface area contributed by atoms with Gasteiger partial charge in [-0.05, 0) is 0 Å². The maximum atomic E-state index is 2.45. The molecule has 2 aromatic carbocycles. The van der Waals surface area contributed by atoms with Crippen molar-refractivity contribution in [1.82, 2.24) is 0 Å². The molecule has 82 valence electrons. The van der Waals surface area contributed by atoms with E-state index in [4.69, 9.17) is 0 Å². The molecule has 0 fully saturated rings. The minimum atomic E-state index is -1.87. The summed E-state index contributed by atoms with van der Waals surface area (Å²) < 4.78 is 1.59. The van der Waals surface area contributed by atoms with E-state index in [1.807, 2.05) is 0 Å². The van der Waals surface area contributed by atoms with Crippen molar-refractivity contribution >= 4 is 22.0 Å². The Kier molecular flexibility index (Phi) is 3.38. The maximum absolute atomic E-state index is 2.45. The fourth-order valence-corrected chi connectivity index (χ4v) is 5.12. The van der Waals surface area contributed by atoms with Crippen LogP contribution in [0.1, 0.15) is 0 Å². The average Bonchev–Trinajstić information content (AvgIpc) is 2.29. The minimum absolute atomic E-state index is 1.30. The van der Waals surface area contributed by atoms with Crippen molar-refractivity contribution < 1.29 is 0 Å². The molecule has 0 amide bonds. The number of rotatable bonds is 2. The van der Waals surface area contributed by atoms with Crippen molar-refractivity contribution in [2.24, 2.45) is 0 Å². The molecule has 0 N–H and O–H groups in total. The number of hydrogen-bond donors (Lipinski definition) is 0. The van der Waals surface area contributed by atoms with Crippen molar-refractivity contribution in [3.8, 4) is 11.1 Å². The van der Waals surface area contributed by atoms with E-state index in [2.05, 4.69) is 69.4 Å². The second-order valence-corrected chi connectivity index (χ2v) is 19.7. The number of benzene rings is 2. The van der Waals surface area contributed by atoms with Crippen molar-refractivity contribution in [2.45, 2.75) is 14.8 Å². The Morgan fingerprint density at radius 1 is 0.625 bits per heavy atom. The van der Waals surface area contributed by atoms with Gasteiger partial charge in [0.05, 0.1) is 0 Å². The Balaban J connectivity index is 2.34. The van der Waals surface area contributed by atoms with Crippen molar-refractivity contribution in [3.05, 3.63) is 54.6 Å². The molecule has 0 spiro atoms. The van der Waals surface area contributed by atoms with E-state index < -0.39 is 18.4 Å². The zero-order valence-corrected chi connectivity index (χ0v) is 13.1. The number of hydrogen-bond acceptors (Lipinski definition) is 0. The SMILES string of the molecule is [CH3][Sn]([CH3])([CH3])[c]1ccc(-c2ccccc2)cc1. The van der Waals surface area contributed by atoms with Gasteiger partial charge < -0.3 is 0 Å². The quantitative estimate of drug-likeness (QED) is 0.737. The van der Waals surface area contributed by atoms with Gasteiger partial charge in [0.15, 0.2) is 0 Å². The molecule has 0 aliphatic rings. The van der Waals surface area contributed by atoms with E-state index in [-0.39, 0.29) is 0 Å². The van der Waals surface area contributed by atoms with Crippen LogP contribution < -0.4 is 3.58 Å². The Morgan fingerprint density at radius 2 is 1.12 bits per heavy atom. The summed E-state index contributed by atoms with van der Waals surface area (Å²) in [6.07, 6.45) is 0. The van der Waals surface area contributed by atoms with Gasteiger partial charge >= 0.3 is 102 Å². The predicted octanol–water partition coefficient (Wildman–Crippen LogP) is 3.90. The van der Waals surface area contributed by atoms with Crippen LogP contribution in [0.4, 0.5) is 0 Å². The summed E-state index contributed by atoms with van der Waals surface area (Å²) in [5.41, 5.74) is 2.62. The summed E-state index contributed by atoms with van der Waals surface area (Å²) in [6.45, 7) is 0. The first-order valence-electron chi connectivity index (χ1n) is 5.73. The standard InChI is InChI=1S/C12H9.3CH3.Sn/c1-3-7-11(8-4-1)12-9-5-2-6-10-12;;;;/h1,3-10H;3*1H3;. The van der Waals surface area contributed by atoms with Crippen molar-refractivity contribution in [1.29, 1.82) is 0 Å². The molecule has 0 heterocycles. The van der Waals surface area contributed by atoms with Crippen LogP contribution in [-0.2, 0) is 0 Å². The molecule has 2 rings (SSSR count). The van der Waals surface area contributed by atoms with Gasteiger partial charge in [0.25, 0.3) is 0 Å². The zero-order chi connectivity index (χ0) is 11.6. The summed E-state index contributed by atoms with van der Waals surface area (Å²) >= 11 is -1.87. The van der Waals surface area contributed by atoms with Crippen LogP contribution in [0.5, 0.6) is 0 Å². The van der Waals surface area contributed by atoms with Gasteiger partial charge in [0.2, 0.25) is 0 Å². The molecule has 16 heavy (non-hydrogen) atoms. The first-order valence-corrected chi connectivity index (χ1v) is 15.7. The van der Waals surface area contributed by atoms with Crippen LogP contribution in [0.15, 0.2) is 54.6 Å². The van der Waals surface area contributed by atoms with Crippen LogP contribution >= 0.6 is 0 Å². The van der Waals surface area contributed by atoms with Crippen molar-refractivity contribution in [3.63, 3.8) is 0 Å². The molecule has 2 aromatic rings. The molecule has 0 radical (unpaired) electrons. The Morgan fingerprint density at radius 3 is 1.62 bits per heavy atom. The van der Waals surface area contributed by atoms with Gasteiger partial charge in [-0.3, -0.25) is 0 Å². The molecule has 0 aromatic heterocycles. The third-order valence-corrected chi connectivity index (χ3v) is 8.75. The molecular formula is C15H18Sn. The zero-order valence-electron chi connectivity index (χ0n) is 10.2. The van der Waals surface area contributed by atoms with E-state index >= 15 is 0 Å². The molecule has 0 atom stereocenters. The fourth-order valence-electron chi connectivity index (χ4n) is 1.79. The topological polar surface area (TPSA) is 0 Å². The van der Waals surface area contributed by atoms with Gasteiger partial charge in [-0.2, -0.15) is 0 Å². The molecule has 0 unspecified atom stereocenters. The Bertz CT molecular complexity index is 449. The molecule has 0 aliphatic carbocycles. The van der Waals surface area contributed by atoms with E-state index in [1.54, 1.807) is 3.58 Å². The molecular weight excluding hydrogens is 299 g/mol. The van der Waals surface area contributed by atoms with E-state index in [0.717, 1.165) is 0 Å². The second-order valence-electron chi connectivity index (χ2n) is 5.19. The average molecular weight is 317 g/mol. The summed E-state index contributed by atoms with van der Waals surface area (Å²) in [5, 5.41) is 0. The Hall–Kier alpha value is -0.761. The predicted molar refractivity (Wildman–Crippen MR) is 74.9 cm³/mol. The Labute approximate surface area is 102 Å². The van der Waals surface area contributed by atoms with Crippen LogP contribution in [-0.4, -0.2) is 18.4 Å². The van der Waals surface area contributed by atoms with E-state index in [1.165, 1.54) is 11.1 Å². The molecule has 0 nitrogen and oxygen atoms in total. The second kappa shape index (κ2) is 4.62. The van der Waals surface area contributed by atoms with Gasteiger partial charge in [0.1, 0.15) is 0 Å². The van der Waals surface area contributed by atoms with E-state index in [9.17, 15) is 0 Å². The first-order chi connectivity index (χ1) is 7.57. The molecule has 0 bridgehead atoms. The van der Waals surface area contributed by atoms with Crippen LogP contribution in [0.3, 0.4) is 0 Å². The fraction of sp³-hybridized carbons (Fsp3) is 0.200. The summed E-state index contributed by atoms with van der Waals surface area (Å²) in [7, 11) is 0. The normalized spacial score (nSPS) is 11.4. The molecule has 0 saturated carbocycles. The third-order valence-electron chi connectivity index (χ3n) is 2.86. The van der Waals surface area contributed by atoms with Crippen LogP contribution in [0.25, 0.3) is 11.1 Å². The first kappa shape index (κ1) is 11.7.